The summed E-state index contributed by atoms with van der Waals surface area (Å²) in [4.78, 5) is 22.5. The van der Waals surface area contributed by atoms with Gasteiger partial charge in [-0.3, -0.25) is 9.59 Å². The second kappa shape index (κ2) is 2.94. The molecule has 1 heterocycles. The molecule has 3 rings (SSSR count). The molecule has 0 bridgehead atoms. The quantitative estimate of drug-likeness (QED) is 0.655. The topological polar surface area (TPSA) is 52.6 Å². The highest BCUT2D eigenvalue weighted by atomic mass is 16.7. The number of ether oxygens (including phenoxy) is 2. The molecular formula is C12H14O4. The summed E-state index contributed by atoms with van der Waals surface area (Å²) in [5.74, 6) is 0.0527. The standard InChI is InChI=1S/C12H14O4/c1-12(2)8-9(12)11(16-10(8)14)15-7-4-3-6(13)5-7/h3-4,7-9,11H,5H2,1-2H3/t7?,8-,9+,11?/m0/s1. The zero-order valence-electron chi connectivity index (χ0n) is 9.30. The first-order valence-electron chi connectivity index (χ1n) is 5.57. The lowest BCUT2D eigenvalue weighted by Gasteiger charge is -2.20. The fraction of sp³-hybridized carbons (Fsp3) is 0.667. The first-order chi connectivity index (χ1) is 7.50. The number of hydrogen-bond acceptors (Lipinski definition) is 4. The lowest BCUT2D eigenvalue weighted by atomic mass is 10.1. The molecule has 1 aliphatic heterocycles. The molecule has 0 aromatic carbocycles. The van der Waals surface area contributed by atoms with E-state index in [4.69, 9.17) is 9.47 Å². The fourth-order valence-electron chi connectivity index (χ4n) is 2.82. The Bertz CT molecular complexity index is 396. The summed E-state index contributed by atoms with van der Waals surface area (Å²) in [5.41, 5.74) is -0.00761. The van der Waals surface area contributed by atoms with Crippen LogP contribution in [0.1, 0.15) is 20.3 Å². The second-order valence-electron chi connectivity index (χ2n) is 5.33. The van der Waals surface area contributed by atoms with Crippen molar-refractivity contribution in [2.75, 3.05) is 0 Å². The van der Waals surface area contributed by atoms with Crippen molar-refractivity contribution < 1.29 is 19.1 Å². The lowest BCUT2D eigenvalue weighted by Crippen LogP contribution is -2.26. The van der Waals surface area contributed by atoms with E-state index in [1.807, 2.05) is 0 Å². The van der Waals surface area contributed by atoms with Crippen molar-refractivity contribution in [3.8, 4) is 0 Å². The number of carbonyl (C=O) groups excluding carboxylic acids is 2. The van der Waals surface area contributed by atoms with Crippen molar-refractivity contribution in [2.45, 2.75) is 32.7 Å². The van der Waals surface area contributed by atoms with Gasteiger partial charge in [0.05, 0.1) is 12.0 Å². The number of cyclic esters (lactones) is 1. The van der Waals surface area contributed by atoms with E-state index < -0.39 is 6.29 Å². The van der Waals surface area contributed by atoms with Crippen LogP contribution in [0.4, 0.5) is 0 Å². The summed E-state index contributed by atoms with van der Waals surface area (Å²) in [7, 11) is 0. The molecule has 2 aliphatic carbocycles. The zero-order valence-corrected chi connectivity index (χ0v) is 9.30. The largest absolute Gasteiger partial charge is 0.435 e. The third-order valence-corrected chi connectivity index (χ3v) is 3.90. The van der Waals surface area contributed by atoms with Crippen LogP contribution < -0.4 is 0 Å². The summed E-state index contributed by atoms with van der Waals surface area (Å²) in [6, 6.07) is 0. The molecular weight excluding hydrogens is 208 g/mol. The summed E-state index contributed by atoms with van der Waals surface area (Å²) < 4.78 is 10.8. The molecule has 0 aromatic rings. The number of esters is 1. The second-order valence-corrected chi connectivity index (χ2v) is 5.33. The molecule has 4 heteroatoms. The smallest absolute Gasteiger partial charge is 0.312 e. The summed E-state index contributed by atoms with van der Waals surface area (Å²) in [6.45, 7) is 4.10. The third kappa shape index (κ3) is 1.26. The van der Waals surface area contributed by atoms with Crippen LogP contribution in [-0.2, 0) is 19.1 Å². The summed E-state index contributed by atoms with van der Waals surface area (Å²) in [5, 5.41) is 0. The zero-order chi connectivity index (χ0) is 11.5. The van der Waals surface area contributed by atoms with Crippen molar-refractivity contribution in [3.63, 3.8) is 0 Å². The van der Waals surface area contributed by atoms with E-state index in [9.17, 15) is 9.59 Å². The molecule has 86 valence electrons. The molecule has 1 saturated heterocycles. The third-order valence-electron chi connectivity index (χ3n) is 3.90. The summed E-state index contributed by atoms with van der Waals surface area (Å²) >= 11 is 0. The SMILES string of the molecule is CC1(C)[C@@H]2C(=O)OC(OC3C=CC(=O)C3)[C@@H]21. The number of rotatable bonds is 2. The Hall–Kier alpha value is -1.16. The van der Waals surface area contributed by atoms with E-state index in [0.717, 1.165) is 0 Å². The molecule has 16 heavy (non-hydrogen) atoms. The summed E-state index contributed by atoms with van der Waals surface area (Å²) in [6.07, 6.45) is 2.94. The highest BCUT2D eigenvalue weighted by Crippen LogP contribution is 2.65. The van der Waals surface area contributed by atoms with E-state index in [0.29, 0.717) is 6.42 Å². The molecule has 2 unspecified atom stereocenters. The molecule has 2 fully saturated rings. The maximum atomic E-state index is 11.5. The van der Waals surface area contributed by atoms with Crippen molar-refractivity contribution >= 4 is 11.8 Å². The van der Waals surface area contributed by atoms with Crippen molar-refractivity contribution in [1.82, 2.24) is 0 Å². The number of carbonyl (C=O) groups is 2. The first-order valence-corrected chi connectivity index (χ1v) is 5.57. The van der Waals surface area contributed by atoms with Crippen LogP contribution >= 0.6 is 0 Å². The molecule has 0 radical (unpaired) electrons. The van der Waals surface area contributed by atoms with Gasteiger partial charge in [-0.1, -0.05) is 19.9 Å². The van der Waals surface area contributed by atoms with E-state index in [2.05, 4.69) is 13.8 Å². The Morgan fingerprint density at radius 3 is 2.69 bits per heavy atom. The molecule has 0 amide bonds. The Morgan fingerprint density at radius 1 is 1.44 bits per heavy atom. The van der Waals surface area contributed by atoms with Gasteiger partial charge >= 0.3 is 5.97 Å². The lowest BCUT2D eigenvalue weighted by molar-refractivity contribution is -0.181. The maximum absolute atomic E-state index is 11.5. The average Bonchev–Trinajstić information content (AvgIpc) is 2.51. The van der Waals surface area contributed by atoms with Crippen molar-refractivity contribution in [2.24, 2.45) is 17.3 Å². The number of fused-ring (bicyclic) bond motifs is 1. The van der Waals surface area contributed by atoms with Crippen LogP contribution in [-0.4, -0.2) is 24.1 Å². The van der Waals surface area contributed by atoms with Gasteiger partial charge in [0.2, 0.25) is 6.29 Å². The highest BCUT2D eigenvalue weighted by molar-refractivity contribution is 5.92. The predicted octanol–water partition coefficient (Wildman–Crippen LogP) is 1.06. The monoisotopic (exact) mass is 222 g/mol. The van der Waals surface area contributed by atoms with Crippen LogP contribution in [0, 0.1) is 17.3 Å². The van der Waals surface area contributed by atoms with Gasteiger partial charge in [-0.25, -0.2) is 0 Å². The van der Waals surface area contributed by atoms with Crippen LogP contribution in [0.15, 0.2) is 12.2 Å². The molecule has 0 spiro atoms. The van der Waals surface area contributed by atoms with Gasteiger partial charge in [-0.15, -0.1) is 0 Å². The van der Waals surface area contributed by atoms with Gasteiger partial charge < -0.3 is 9.47 Å². The molecule has 4 nitrogen and oxygen atoms in total. The molecule has 0 aromatic heterocycles. The highest BCUT2D eigenvalue weighted by Gasteiger charge is 2.72. The Labute approximate surface area is 93.6 Å². The van der Waals surface area contributed by atoms with E-state index >= 15 is 0 Å². The van der Waals surface area contributed by atoms with Gasteiger partial charge in [0.25, 0.3) is 0 Å². The fourth-order valence-corrected chi connectivity index (χ4v) is 2.82. The van der Waals surface area contributed by atoms with Crippen LogP contribution in [0.2, 0.25) is 0 Å². The van der Waals surface area contributed by atoms with Crippen molar-refractivity contribution in [1.29, 1.82) is 0 Å². The van der Waals surface area contributed by atoms with E-state index in [1.54, 1.807) is 6.08 Å². The predicted molar refractivity (Wildman–Crippen MR) is 54.3 cm³/mol. The van der Waals surface area contributed by atoms with Gasteiger partial charge in [0.15, 0.2) is 5.78 Å². The minimum absolute atomic E-state index is 0.00761. The number of allylic oxidation sites excluding steroid dienone is 1. The first kappa shape index (κ1) is 10.0. The minimum atomic E-state index is -0.465. The van der Waals surface area contributed by atoms with Crippen LogP contribution in [0.25, 0.3) is 0 Å². The van der Waals surface area contributed by atoms with Crippen molar-refractivity contribution in [3.05, 3.63) is 12.2 Å². The number of hydrogen-bond donors (Lipinski definition) is 0. The van der Waals surface area contributed by atoms with Gasteiger partial charge in [-0.05, 0) is 11.5 Å². The Morgan fingerprint density at radius 2 is 2.19 bits per heavy atom. The Kier molecular flexibility index (Phi) is 1.84. The Balaban J connectivity index is 1.67. The van der Waals surface area contributed by atoms with Gasteiger partial charge in [0.1, 0.15) is 0 Å². The van der Waals surface area contributed by atoms with E-state index in [-0.39, 0.29) is 35.1 Å². The number of ketones is 1. The maximum Gasteiger partial charge on any atom is 0.312 e. The molecule has 0 N–H and O–H groups in total. The van der Waals surface area contributed by atoms with E-state index in [1.165, 1.54) is 6.08 Å². The normalized spacial score (nSPS) is 43.4. The minimum Gasteiger partial charge on any atom is -0.435 e. The van der Waals surface area contributed by atoms with Crippen LogP contribution in [0.5, 0.6) is 0 Å². The van der Waals surface area contributed by atoms with Gasteiger partial charge in [0, 0.05) is 12.3 Å². The average molecular weight is 222 g/mol. The van der Waals surface area contributed by atoms with Crippen LogP contribution in [0.3, 0.4) is 0 Å². The molecule has 4 atom stereocenters. The molecule has 3 aliphatic rings. The van der Waals surface area contributed by atoms with Gasteiger partial charge in [-0.2, -0.15) is 0 Å². The molecule has 1 saturated carbocycles.